The number of nitrogens with zero attached hydrogens (tertiary/aromatic N) is 1. The molecule has 1 fully saturated rings. The van der Waals surface area contributed by atoms with Crippen LogP contribution in [0, 0.1) is 0 Å². The molecule has 1 aliphatic heterocycles. The van der Waals surface area contributed by atoms with Gasteiger partial charge < -0.3 is 15.5 Å². The van der Waals surface area contributed by atoms with Gasteiger partial charge in [-0.05, 0) is 34.2 Å². The summed E-state index contributed by atoms with van der Waals surface area (Å²) in [5.41, 5.74) is 4.97. The van der Waals surface area contributed by atoms with Gasteiger partial charge in [0.05, 0.1) is 6.42 Å². The topological polar surface area (TPSA) is 44.4 Å². The third kappa shape index (κ3) is 4.93. The van der Waals surface area contributed by atoms with Crippen LogP contribution in [0.1, 0.15) is 43.4 Å². The Kier molecular flexibility index (Phi) is 6.09. The van der Waals surface area contributed by atoms with E-state index in [9.17, 15) is 4.79 Å². The van der Waals surface area contributed by atoms with Gasteiger partial charge in [-0.1, -0.05) is 57.2 Å². The van der Waals surface area contributed by atoms with Crippen molar-refractivity contribution in [1.82, 2.24) is 10.6 Å². The number of rotatable bonds is 5. The molecular formula is C24H33N3O. The van der Waals surface area contributed by atoms with Crippen LogP contribution >= 0.6 is 0 Å². The lowest BCUT2D eigenvalue weighted by Gasteiger charge is -2.23. The second-order valence-electron chi connectivity index (χ2n) is 9.05. The summed E-state index contributed by atoms with van der Waals surface area (Å²) in [6, 6.07) is 17.2. The van der Waals surface area contributed by atoms with Crippen molar-refractivity contribution in [3.8, 4) is 0 Å². The Labute approximate surface area is 169 Å². The van der Waals surface area contributed by atoms with E-state index >= 15 is 0 Å². The molecule has 0 aromatic heterocycles. The Hall–Kier alpha value is -2.33. The number of carbonyl (C=O) groups excluding carboxylic acids is 1. The summed E-state index contributed by atoms with van der Waals surface area (Å²) >= 11 is 0. The molecule has 150 valence electrons. The van der Waals surface area contributed by atoms with Crippen molar-refractivity contribution in [3.63, 3.8) is 0 Å². The number of nitrogens with one attached hydrogen (secondary N) is 2. The minimum Gasteiger partial charge on any atom is -0.378 e. The molecule has 1 saturated heterocycles. The van der Waals surface area contributed by atoms with Crippen molar-refractivity contribution in [2.75, 3.05) is 32.1 Å². The first-order valence-electron chi connectivity index (χ1n) is 10.1. The van der Waals surface area contributed by atoms with Crippen LogP contribution in [0.5, 0.6) is 0 Å². The molecule has 0 aliphatic carbocycles. The normalized spacial score (nSPS) is 19.5. The van der Waals surface area contributed by atoms with E-state index in [1.807, 2.05) is 26.2 Å². The van der Waals surface area contributed by atoms with E-state index in [-0.39, 0.29) is 17.4 Å². The fourth-order valence-electron chi connectivity index (χ4n) is 3.77. The molecule has 2 aromatic rings. The Bertz CT molecular complexity index is 788. The first kappa shape index (κ1) is 20.4. The Morgan fingerprint density at radius 1 is 1.04 bits per heavy atom. The summed E-state index contributed by atoms with van der Waals surface area (Å²) in [4.78, 5) is 14.7. The van der Waals surface area contributed by atoms with Crippen molar-refractivity contribution >= 4 is 11.6 Å². The van der Waals surface area contributed by atoms with Crippen molar-refractivity contribution in [2.24, 2.45) is 0 Å². The molecule has 0 unspecified atom stereocenters. The molecule has 0 radical (unpaired) electrons. The van der Waals surface area contributed by atoms with Crippen molar-refractivity contribution in [1.29, 1.82) is 0 Å². The summed E-state index contributed by atoms with van der Waals surface area (Å²) < 4.78 is 0. The van der Waals surface area contributed by atoms with Crippen LogP contribution in [-0.4, -0.2) is 39.1 Å². The third-order valence-electron chi connectivity index (χ3n) is 5.58. The van der Waals surface area contributed by atoms with Gasteiger partial charge >= 0.3 is 0 Å². The van der Waals surface area contributed by atoms with Gasteiger partial charge in [0.1, 0.15) is 0 Å². The summed E-state index contributed by atoms with van der Waals surface area (Å²) in [7, 11) is 4.03. The van der Waals surface area contributed by atoms with Gasteiger partial charge in [-0.2, -0.15) is 0 Å². The Morgan fingerprint density at radius 2 is 1.68 bits per heavy atom. The molecule has 0 saturated carbocycles. The summed E-state index contributed by atoms with van der Waals surface area (Å²) in [5.74, 6) is 0.400. The molecule has 3 rings (SSSR count). The lowest BCUT2D eigenvalue weighted by molar-refractivity contribution is -0.121. The number of hydrogen-bond acceptors (Lipinski definition) is 3. The number of amides is 1. The fraction of sp³-hybridized carbons (Fsp3) is 0.458. The monoisotopic (exact) mass is 379 g/mol. The molecule has 2 aromatic carbocycles. The van der Waals surface area contributed by atoms with Gasteiger partial charge in [0.15, 0.2) is 0 Å². The number of hydrogen-bond donors (Lipinski definition) is 2. The van der Waals surface area contributed by atoms with E-state index in [0.29, 0.717) is 12.3 Å². The predicted molar refractivity (Wildman–Crippen MR) is 117 cm³/mol. The van der Waals surface area contributed by atoms with Crippen molar-refractivity contribution in [3.05, 3.63) is 65.2 Å². The summed E-state index contributed by atoms with van der Waals surface area (Å²) in [6.07, 6.45) is 0.417. The molecule has 1 heterocycles. The van der Waals surface area contributed by atoms with Crippen LogP contribution in [0.3, 0.4) is 0 Å². The summed E-state index contributed by atoms with van der Waals surface area (Å²) in [6.45, 7) is 8.40. The predicted octanol–water partition coefficient (Wildman–Crippen LogP) is 3.46. The van der Waals surface area contributed by atoms with Crippen molar-refractivity contribution in [2.45, 2.75) is 44.6 Å². The molecule has 0 bridgehead atoms. The highest BCUT2D eigenvalue weighted by Crippen LogP contribution is 2.27. The van der Waals surface area contributed by atoms with Gasteiger partial charge in [-0.3, -0.25) is 4.79 Å². The van der Waals surface area contributed by atoms with Crippen molar-refractivity contribution < 1.29 is 4.79 Å². The van der Waals surface area contributed by atoms with Crippen LogP contribution in [0.25, 0.3) is 0 Å². The molecule has 2 atom stereocenters. The standard InChI is InChI=1S/C24H33N3O/c1-24(2,3)19-10-8-18(9-11-19)21-15-25-16-22(21)26-23(28)14-17-6-12-20(13-7-17)27(4)5/h6-13,21-22,25H,14-16H2,1-5H3,(H,26,28)/t21-,22+/m0/s1. The van der Waals surface area contributed by atoms with E-state index in [2.05, 4.69) is 72.7 Å². The molecule has 2 N–H and O–H groups in total. The van der Waals surface area contributed by atoms with Gasteiger partial charge in [-0.15, -0.1) is 0 Å². The maximum absolute atomic E-state index is 12.6. The zero-order valence-electron chi connectivity index (χ0n) is 17.8. The van der Waals surface area contributed by atoms with Gasteiger partial charge in [0.25, 0.3) is 0 Å². The first-order chi connectivity index (χ1) is 13.2. The average molecular weight is 380 g/mol. The molecule has 0 spiro atoms. The maximum Gasteiger partial charge on any atom is 0.224 e. The molecule has 4 nitrogen and oxygen atoms in total. The van der Waals surface area contributed by atoms with E-state index in [1.54, 1.807) is 0 Å². The van der Waals surface area contributed by atoms with Crippen LogP contribution in [0.15, 0.2) is 48.5 Å². The number of benzene rings is 2. The molecule has 4 heteroatoms. The number of anilines is 1. The SMILES string of the molecule is CN(C)c1ccc(CC(=O)N[C@@H]2CNC[C@H]2c2ccc(C(C)(C)C)cc2)cc1. The third-order valence-corrected chi connectivity index (χ3v) is 5.58. The second kappa shape index (κ2) is 8.36. The lowest BCUT2D eigenvalue weighted by atomic mass is 9.85. The maximum atomic E-state index is 12.6. The molecular weight excluding hydrogens is 346 g/mol. The van der Waals surface area contributed by atoms with E-state index < -0.39 is 0 Å². The Balaban J connectivity index is 1.62. The van der Waals surface area contributed by atoms with Gasteiger partial charge in [0.2, 0.25) is 5.91 Å². The second-order valence-corrected chi connectivity index (χ2v) is 9.05. The van der Waals surface area contributed by atoms with Crippen LogP contribution in [0.2, 0.25) is 0 Å². The zero-order chi connectivity index (χ0) is 20.3. The molecule has 1 aliphatic rings. The Morgan fingerprint density at radius 3 is 2.25 bits per heavy atom. The highest BCUT2D eigenvalue weighted by Gasteiger charge is 2.29. The lowest BCUT2D eigenvalue weighted by Crippen LogP contribution is -2.40. The smallest absolute Gasteiger partial charge is 0.224 e. The first-order valence-corrected chi connectivity index (χ1v) is 10.1. The van der Waals surface area contributed by atoms with E-state index in [0.717, 1.165) is 24.3 Å². The van der Waals surface area contributed by atoms with Gasteiger partial charge in [-0.25, -0.2) is 0 Å². The summed E-state index contributed by atoms with van der Waals surface area (Å²) in [5, 5.41) is 6.68. The quantitative estimate of drug-likeness (QED) is 0.836. The highest BCUT2D eigenvalue weighted by atomic mass is 16.1. The van der Waals surface area contributed by atoms with E-state index in [1.165, 1.54) is 11.1 Å². The fourth-order valence-corrected chi connectivity index (χ4v) is 3.77. The largest absolute Gasteiger partial charge is 0.378 e. The zero-order valence-corrected chi connectivity index (χ0v) is 17.8. The van der Waals surface area contributed by atoms with Crippen LogP contribution in [0.4, 0.5) is 5.69 Å². The minimum atomic E-state index is 0.0858. The van der Waals surface area contributed by atoms with Crippen LogP contribution in [-0.2, 0) is 16.6 Å². The average Bonchev–Trinajstić information content (AvgIpc) is 3.09. The minimum absolute atomic E-state index is 0.0858. The van der Waals surface area contributed by atoms with E-state index in [4.69, 9.17) is 0 Å². The highest BCUT2D eigenvalue weighted by molar-refractivity contribution is 5.79. The van der Waals surface area contributed by atoms with Gasteiger partial charge in [0, 0.05) is 44.8 Å². The molecule has 1 amide bonds. The number of carbonyl (C=O) groups is 1. The van der Waals surface area contributed by atoms with Crippen LogP contribution < -0.4 is 15.5 Å². The molecule has 28 heavy (non-hydrogen) atoms.